The van der Waals surface area contributed by atoms with Crippen molar-refractivity contribution in [2.45, 2.75) is 25.9 Å². The van der Waals surface area contributed by atoms with Crippen molar-refractivity contribution in [3.63, 3.8) is 0 Å². The molecule has 0 aromatic carbocycles. The molecule has 1 N–H and O–H groups in total. The number of hydrogen-bond donors (Lipinski definition) is 1. The summed E-state index contributed by atoms with van der Waals surface area (Å²) >= 11 is 0. The van der Waals surface area contributed by atoms with Gasteiger partial charge in [-0.15, -0.1) is 0 Å². The summed E-state index contributed by atoms with van der Waals surface area (Å²) in [5.74, 6) is 0. The Balaban J connectivity index is 1.96. The molecule has 1 aliphatic rings. The molecule has 1 saturated heterocycles. The first-order chi connectivity index (χ1) is 8.75. The average Bonchev–Trinajstić information content (AvgIpc) is 2.35. The predicted molar refractivity (Wildman–Crippen MR) is 72.0 cm³/mol. The van der Waals surface area contributed by atoms with Crippen molar-refractivity contribution in [2.75, 3.05) is 59.8 Å². The molecule has 0 aromatic heterocycles. The largest absolute Gasteiger partial charge is 0.382 e. The van der Waals surface area contributed by atoms with Gasteiger partial charge in [-0.25, -0.2) is 0 Å². The Bertz CT molecular complexity index is 195. The molecule has 2 atom stereocenters. The van der Waals surface area contributed by atoms with E-state index in [-0.39, 0.29) is 0 Å². The lowest BCUT2D eigenvalue weighted by molar-refractivity contribution is 0.00996. The number of nitrogens with zero attached hydrogens (tertiary/aromatic N) is 1. The molecule has 1 aliphatic heterocycles. The highest BCUT2D eigenvalue weighted by Gasteiger charge is 2.23. The van der Waals surface area contributed by atoms with Gasteiger partial charge in [0.05, 0.1) is 33.0 Å². The quantitative estimate of drug-likeness (QED) is 0.606. The van der Waals surface area contributed by atoms with E-state index in [1.807, 2.05) is 0 Å². The Morgan fingerprint density at radius 1 is 0.944 bits per heavy atom. The summed E-state index contributed by atoms with van der Waals surface area (Å²) < 4.78 is 15.8. The summed E-state index contributed by atoms with van der Waals surface area (Å²) in [7, 11) is 1.68. The average molecular weight is 260 g/mol. The first kappa shape index (κ1) is 15.9. The maximum absolute atomic E-state index is 5.59. The van der Waals surface area contributed by atoms with Crippen molar-refractivity contribution in [2.24, 2.45) is 0 Å². The molecule has 0 bridgehead atoms. The lowest BCUT2D eigenvalue weighted by atomic mass is 10.1. The van der Waals surface area contributed by atoms with Gasteiger partial charge in [-0.05, 0) is 13.8 Å². The number of hydrogen-bond acceptors (Lipinski definition) is 5. The smallest absolute Gasteiger partial charge is 0.0701 e. The monoisotopic (exact) mass is 260 g/mol. The van der Waals surface area contributed by atoms with Gasteiger partial charge in [0.2, 0.25) is 0 Å². The zero-order valence-electron chi connectivity index (χ0n) is 12.0. The summed E-state index contributed by atoms with van der Waals surface area (Å²) in [6.07, 6.45) is 0. The van der Waals surface area contributed by atoms with Gasteiger partial charge in [0.15, 0.2) is 0 Å². The van der Waals surface area contributed by atoms with Crippen LogP contribution in [0.15, 0.2) is 0 Å². The summed E-state index contributed by atoms with van der Waals surface area (Å²) in [6.45, 7) is 11.1. The third kappa shape index (κ3) is 6.11. The van der Waals surface area contributed by atoms with E-state index < -0.39 is 0 Å². The number of nitrogens with one attached hydrogen (secondary N) is 1. The second kappa shape index (κ2) is 9.69. The Hall–Kier alpha value is -0.200. The first-order valence-electron chi connectivity index (χ1n) is 6.86. The summed E-state index contributed by atoms with van der Waals surface area (Å²) in [5, 5.41) is 3.43. The van der Waals surface area contributed by atoms with Gasteiger partial charge in [0.1, 0.15) is 0 Å². The number of methoxy groups -OCH3 is 1. The molecule has 0 aromatic rings. The van der Waals surface area contributed by atoms with Crippen LogP contribution in [0.2, 0.25) is 0 Å². The molecule has 0 aliphatic carbocycles. The van der Waals surface area contributed by atoms with E-state index >= 15 is 0 Å². The highest BCUT2D eigenvalue weighted by atomic mass is 16.5. The molecule has 18 heavy (non-hydrogen) atoms. The van der Waals surface area contributed by atoms with Crippen LogP contribution >= 0.6 is 0 Å². The Labute approximate surface area is 111 Å². The van der Waals surface area contributed by atoms with Crippen molar-refractivity contribution in [3.05, 3.63) is 0 Å². The number of rotatable bonds is 9. The van der Waals surface area contributed by atoms with Crippen LogP contribution in [0, 0.1) is 0 Å². The van der Waals surface area contributed by atoms with Gasteiger partial charge in [0.25, 0.3) is 0 Å². The minimum absolute atomic E-state index is 0.593. The van der Waals surface area contributed by atoms with Crippen LogP contribution in [0.1, 0.15) is 13.8 Å². The maximum Gasteiger partial charge on any atom is 0.0701 e. The van der Waals surface area contributed by atoms with E-state index in [2.05, 4.69) is 24.1 Å². The molecule has 5 nitrogen and oxygen atoms in total. The SMILES string of the molecule is COCCOCCOCCN1C(C)CNCC1C. The molecular weight excluding hydrogens is 232 g/mol. The number of ether oxygens (including phenoxy) is 3. The fourth-order valence-corrected chi connectivity index (χ4v) is 2.25. The Morgan fingerprint density at radius 3 is 2.11 bits per heavy atom. The second-order valence-corrected chi connectivity index (χ2v) is 4.81. The van der Waals surface area contributed by atoms with E-state index in [0.29, 0.717) is 38.5 Å². The van der Waals surface area contributed by atoms with Gasteiger partial charge in [-0.3, -0.25) is 4.90 Å². The minimum atomic E-state index is 0.593. The topological polar surface area (TPSA) is 43.0 Å². The van der Waals surface area contributed by atoms with Crippen molar-refractivity contribution >= 4 is 0 Å². The fourth-order valence-electron chi connectivity index (χ4n) is 2.25. The molecule has 2 unspecified atom stereocenters. The van der Waals surface area contributed by atoms with Crippen molar-refractivity contribution in [1.82, 2.24) is 10.2 Å². The molecule has 5 heteroatoms. The molecule has 108 valence electrons. The highest BCUT2D eigenvalue weighted by molar-refractivity contribution is 4.82. The number of piperazine rings is 1. The maximum atomic E-state index is 5.59. The zero-order valence-corrected chi connectivity index (χ0v) is 12.0. The van der Waals surface area contributed by atoms with Gasteiger partial charge >= 0.3 is 0 Å². The predicted octanol–water partition coefficient (Wildman–Crippen LogP) is 0.348. The Kier molecular flexibility index (Phi) is 8.54. The van der Waals surface area contributed by atoms with Crippen LogP contribution in [0.5, 0.6) is 0 Å². The second-order valence-electron chi connectivity index (χ2n) is 4.81. The van der Waals surface area contributed by atoms with Crippen LogP contribution < -0.4 is 5.32 Å². The van der Waals surface area contributed by atoms with E-state index in [4.69, 9.17) is 14.2 Å². The van der Waals surface area contributed by atoms with E-state index in [0.717, 1.165) is 26.2 Å². The third-order valence-corrected chi connectivity index (χ3v) is 3.31. The standard InChI is InChI=1S/C13H28N2O3/c1-12-10-14-11-13(2)15(12)4-5-17-8-9-18-7-6-16-3/h12-14H,4-11H2,1-3H3. The summed E-state index contributed by atoms with van der Waals surface area (Å²) in [5.41, 5.74) is 0. The molecule has 1 fully saturated rings. The summed E-state index contributed by atoms with van der Waals surface area (Å²) in [6, 6.07) is 1.19. The lowest BCUT2D eigenvalue weighted by Crippen LogP contribution is -2.55. The lowest BCUT2D eigenvalue weighted by Gasteiger charge is -2.39. The highest BCUT2D eigenvalue weighted by Crippen LogP contribution is 2.08. The van der Waals surface area contributed by atoms with Crippen molar-refractivity contribution in [1.29, 1.82) is 0 Å². The molecule has 0 radical (unpaired) electrons. The van der Waals surface area contributed by atoms with Gasteiger partial charge in [-0.2, -0.15) is 0 Å². The van der Waals surface area contributed by atoms with Crippen LogP contribution in [-0.4, -0.2) is 76.8 Å². The van der Waals surface area contributed by atoms with Crippen LogP contribution in [0.4, 0.5) is 0 Å². The van der Waals surface area contributed by atoms with Crippen molar-refractivity contribution in [3.8, 4) is 0 Å². The van der Waals surface area contributed by atoms with Gasteiger partial charge in [-0.1, -0.05) is 0 Å². The van der Waals surface area contributed by atoms with Crippen LogP contribution in [0.25, 0.3) is 0 Å². The molecule has 0 spiro atoms. The first-order valence-corrected chi connectivity index (χ1v) is 6.86. The molecule has 0 amide bonds. The van der Waals surface area contributed by atoms with E-state index in [1.54, 1.807) is 7.11 Å². The fraction of sp³-hybridized carbons (Fsp3) is 1.00. The van der Waals surface area contributed by atoms with E-state index in [1.165, 1.54) is 0 Å². The minimum Gasteiger partial charge on any atom is -0.382 e. The third-order valence-electron chi connectivity index (χ3n) is 3.31. The molecule has 0 saturated carbocycles. The Morgan fingerprint density at radius 2 is 1.50 bits per heavy atom. The normalized spacial score (nSPS) is 25.5. The molecule has 1 heterocycles. The van der Waals surface area contributed by atoms with Gasteiger partial charge < -0.3 is 19.5 Å². The molecule has 1 rings (SSSR count). The zero-order chi connectivity index (χ0) is 13.2. The van der Waals surface area contributed by atoms with Gasteiger partial charge in [0, 0.05) is 38.8 Å². The van der Waals surface area contributed by atoms with Crippen LogP contribution in [0.3, 0.4) is 0 Å². The molecular formula is C13H28N2O3. The van der Waals surface area contributed by atoms with E-state index in [9.17, 15) is 0 Å². The van der Waals surface area contributed by atoms with Crippen LogP contribution in [-0.2, 0) is 14.2 Å². The van der Waals surface area contributed by atoms with Crippen molar-refractivity contribution < 1.29 is 14.2 Å². The summed E-state index contributed by atoms with van der Waals surface area (Å²) in [4.78, 5) is 2.50.